The van der Waals surface area contributed by atoms with Crippen LogP contribution in [0.3, 0.4) is 0 Å². The molecule has 146 valence electrons. The minimum absolute atomic E-state index is 0.126. The van der Waals surface area contributed by atoms with Gasteiger partial charge >= 0.3 is 0 Å². The summed E-state index contributed by atoms with van der Waals surface area (Å²) in [4.78, 5) is 24.6. The van der Waals surface area contributed by atoms with Gasteiger partial charge in [0.2, 0.25) is 11.8 Å². The van der Waals surface area contributed by atoms with Crippen molar-refractivity contribution in [3.8, 4) is 10.7 Å². The molecule has 0 bridgehead atoms. The third-order valence-corrected chi connectivity index (χ3v) is 5.86. The van der Waals surface area contributed by atoms with Gasteiger partial charge in [-0.15, -0.1) is 21.5 Å². The summed E-state index contributed by atoms with van der Waals surface area (Å²) in [5, 5.41) is 13.9. The summed E-state index contributed by atoms with van der Waals surface area (Å²) in [5.74, 6) is 0.342. The van der Waals surface area contributed by atoms with E-state index in [0.29, 0.717) is 17.5 Å². The fourth-order valence-corrected chi connectivity index (χ4v) is 4.16. The summed E-state index contributed by atoms with van der Waals surface area (Å²) in [7, 11) is 0. The first-order valence-electron chi connectivity index (χ1n) is 8.69. The number of primary amides is 1. The van der Waals surface area contributed by atoms with Crippen molar-refractivity contribution in [2.45, 2.75) is 32.0 Å². The van der Waals surface area contributed by atoms with Gasteiger partial charge in [0.25, 0.3) is 0 Å². The van der Waals surface area contributed by atoms with Gasteiger partial charge in [0.15, 0.2) is 11.0 Å². The molecule has 0 fully saturated rings. The molecule has 2 aromatic heterocycles. The minimum Gasteiger partial charge on any atom is -0.370 e. The van der Waals surface area contributed by atoms with Gasteiger partial charge in [0, 0.05) is 18.7 Å². The van der Waals surface area contributed by atoms with Gasteiger partial charge < -0.3 is 15.6 Å². The first-order chi connectivity index (χ1) is 13.4. The maximum Gasteiger partial charge on any atom is 0.234 e. The monoisotopic (exact) mass is 415 g/mol. The lowest BCUT2D eigenvalue weighted by molar-refractivity contribution is -0.118. The number of hydrogen-bond acceptors (Lipinski definition) is 6. The third kappa shape index (κ3) is 4.99. The van der Waals surface area contributed by atoms with Crippen LogP contribution in [0.25, 0.3) is 10.7 Å². The second kappa shape index (κ2) is 9.03. The van der Waals surface area contributed by atoms with Crippen molar-refractivity contribution < 1.29 is 9.59 Å². The number of carbonyl (C=O) groups excluding carboxylic acids is 2. The van der Waals surface area contributed by atoms with Crippen molar-refractivity contribution in [1.29, 1.82) is 0 Å². The molecule has 1 aromatic carbocycles. The van der Waals surface area contributed by atoms with Crippen LogP contribution in [0.2, 0.25) is 0 Å². The number of rotatable bonds is 8. The molecule has 3 aromatic rings. The molecule has 2 amide bonds. The van der Waals surface area contributed by atoms with Crippen molar-refractivity contribution in [3.63, 3.8) is 0 Å². The Kier molecular flexibility index (Phi) is 6.48. The number of thiophene rings is 1. The fourth-order valence-electron chi connectivity index (χ4n) is 2.68. The summed E-state index contributed by atoms with van der Waals surface area (Å²) in [5.41, 5.74) is 8.26. The van der Waals surface area contributed by atoms with Crippen LogP contribution in [0.5, 0.6) is 0 Å². The average molecular weight is 416 g/mol. The van der Waals surface area contributed by atoms with Gasteiger partial charge in [0.1, 0.15) is 0 Å². The molecule has 0 spiro atoms. The molecule has 0 aliphatic carbocycles. The molecule has 0 saturated heterocycles. The number of anilines is 1. The molecule has 0 saturated carbocycles. The van der Waals surface area contributed by atoms with Crippen LogP contribution in [-0.4, -0.2) is 32.3 Å². The Hall–Kier alpha value is -2.65. The zero-order valence-electron chi connectivity index (χ0n) is 15.6. The van der Waals surface area contributed by atoms with Gasteiger partial charge in [-0.05, 0) is 36.9 Å². The number of nitrogens with two attached hydrogens (primary N) is 1. The van der Waals surface area contributed by atoms with Crippen molar-refractivity contribution in [2.75, 3.05) is 11.1 Å². The number of benzene rings is 1. The van der Waals surface area contributed by atoms with E-state index < -0.39 is 5.91 Å². The highest BCUT2D eigenvalue weighted by molar-refractivity contribution is 7.99. The average Bonchev–Trinajstić information content (AvgIpc) is 3.29. The number of thioether (sulfide) groups is 1. The quantitative estimate of drug-likeness (QED) is 0.550. The zero-order valence-corrected chi connectivity index (χ0v) is 17.3. The Labute approximate surface area is 171 Å². The van der Waals surface area contributed by atoms with E-state index in [0.717, 1.165) is 21.7 Å². The van der Waals surface area contributed by atoms with E-state index in [-0.39, 0.29) is 18.1 Å². The smallest absolute Gasteiger partial charge is 0.234 e. The van der Waals surface area contributed by atoms with Crippen LogP contribution in [0.1, 0.15) is 17.5 Å². The van der Waals surface area contributed by atoms with Crippen LogP contribution >= 0.6 is 23.1 Å². The molecular weight excluding hydrogens is 394 g/mol. The van der Waals surface area contributed by atoms with E-state index in [1.807, 2.05) is 54.1 Å². The van der Waals surface area contributed by atoms with Crippen molar-refractivity contribution in [3.05, 3.63) is 46.8 Å². The van der Waals surface area contributed by atoms with E-state index in [9.17, 15) is 9.59 Å². The predicted molar refractivity (Wildman–Crippen MR) is 112 cm³/mol. The summed E-state index contributed by atoms with van der Waals surface area (Å²) in [6.07, 6.45) is 0.179. The number of nitrogens with zero attached hydrogens (tertiary/aromatic N) is 3. The summed E-state index contributed by atoms with van der Waals surface area (Å²) in [6.45, 7) is 4.35. The third-order valence-electron chi connectivity index (χ3n) is 4.03. The number of nitrogens with one attached hydrogen (secondary N) is 1. The Morgan fingerprint density at radius 1 is 1.25 bits per heavy atom. The summed E-state index contributed by atoms with van der Waals surface area (Å²) >= 11 is 2.82. The molecule has 0 atom stereocenters. The molecule has 0 aliphatic rings. The van der Waals surface area contributed by atoms with Crippen LogP contribution in [0.4, 0.5) is 5.69 Å². The van der Waals surface area contributed by atoms with Gasteiger partial charge in [-0.25, -0.2) is 0 Å². The van der Waals surface area contributed by atoms with Crippen LogP contribution < -0.4 is 11.1 Å². The van der Waals surface area contributed by atoms with Gasteiger partial charge in [0.05, 0.1) is 10.6 Å². The Bertz CT molecular complexity index is 982. The number of aryl methyl sites for hydroxylation is 2. The summed E-state index contributed by atoms with van der Waals surface area (Å²) < 4.78 is 1.84. The van der Waals surface area contributed by atoms with E-state index in [1.54, 1.807) is 0 Å². The number of carbonyl (C=O) groups is 2. The Morgan fingerprint density at radius 3 is 2.75 bits per heavy atom. The van der Waals surface area contributed by atoms with Crippen molar-refractivity contribution >= 4 is 40.6 Å². The number of aromatic nitrogens is 3. The first-order valence-corrected chi connectivity index (χ1v) is 10.6. The Morgan fingerprint density at radius 2 is 2.07 bits per heavy atom. The SMILES string of the molecule is Cc1ccc(NC(=O)CSc2nnc(-c3cccs3)n2CCC(N)=O)c(C)c1. The van der Waals surface area contributed by atoms with E-state index >= 15 is 0 Å². The second-order valence-corrected chi connectivity index (χ2v) is 8.20. The molecular formula is C19H21N5O2S2. The second-order valence-electron chi connectivity index (χ2n) is 6.31. The van der Waals surface area contributed by atoms with Crippen LogP contribution in [-0.2, 0) is 16.1 Å². The molecule has 0 unspecified atom stereocenters. The highest BCUT2D eigenvalue weighted by Crippen LogP contribution is 2.27. The van der Waals surface area contributed by atoms with E-state index in [1.165, 1.54) is 23.1 Å². The van der Waals surface area contributed by atoms with Gasteiger partial charge in [-0.2, -0.15) is 0 Å². The largest absolute Gasteiger partial charge is 0.370 e. The Balaban J connectivity index is 1.70. The van der Waals surface area contributed by atoms with Crippen LogP contribution in [0.15, 0.2) is 40.9 Å². The van der Waals surface area contributed by atoms with Gasteiger partial charge in [-0.3, -0.25) is 9.59 Å². The molecule has 0 radical (unpaired) electrons. The molecule has 9 heteroatoms. The lowest BCUT2D eigenvalue weighted by atomic mass is 10.1. The molecule has 28 heavy (non-hydrogen) atoms. The zero-order chi connectivity index (χ0) is 20.1. The molecule has 2 heterocycles. The minimum atomic E-state index is -0.394. The highest BCUT2D eigenvalue weighted by atomic mass is 32.2. The highest BCUT2D eigenvalue weighted by Gasteiger charge is 2.17. The standard InChI is InChI=1S/C19H21N5O2S2/c1-12-5-6-14(13(2)10-12)21-17(26)11-28-19-23-22-18(15-4-3-9-27-15)24(19)8-7-16(20)25/h3-6,9-10H,7-8,11H2,1-2H3,(H2,20,25)(H,21,26). The molecule has 7 nitrogen and oxygen atoms in total. The molecule has 3 rings (SSSR count). The van der Waals surface area contributed by atoms with Gasteiger partial charge in [-0.1, -0.05) is 35.5 Å². The lowest BCUT2D eigenvalue weighted by Gasteiger charge is -2.10. The van der Waals surface area contributed by atoms with Crippen molar-refractivity contribution in [2.24, 2.45) is 5.73 Å². The maximum atomic E-state index is 12.4. The van der Waals surface area contributed by atoms with Crippen molar-refractivity contribution in [1.82, 2.24) is 14.8 Å². The predicted octanol–water partition coefficient (Wildman–Crippen LogP) is 3.23. The van der Waals surface area contributed by atoms with E-state index in [2.05, 4.69) is 15.5 Å². The van der Waals surface area contributed by atoms with Crippen LogP contribution in [0, 0.1) is 13.8 Å². The topological polar surface area (TPSA) is 103 Å². The lowest BCUT2D eigenvalue weighted by Crippen LogP contribution is -2.17. The number of amides is 2. The molecule has 3 N–H and O–H groups in total. The number of hydrogen-bond donors (Lipinski definition) is 2. The molecule has 0 aliphatic heterocycles. The first kappa shape index (κ1) is 20.1. The normalized spacial score (nSPS) is 10.8. The maximum absolute atomic E-state index is 12.4. The summed E-state index contributed by atoms with van der Waals surface area (Å²) in [6, 6.07) is 9.76. The van der Waals surface area contributed by atoms with E-state index in [4.69, 9.17) is 5.73 Å². The fraction of sp³-hybridized carbons (Fsp3) is 0.263.